The fourth-order valence-electron chi connectivity index (χ4n) is 5.13. The number of carboxylic acids is 1. The lowest BCUT2D eigenvalue weighted by molar-refractivity contribution is 0.0696. The van der Waals surface area contributed by atoms with Crippen molar-refractivity contribution in [1.29, 1.82) is 0 Å². The second kappa shape index (κ2) is 10.7. The Labute approximate surface area is 235 Å². The van der Waals surface area contributed by atoms with Gasteiger partial charge in [-0.15, -0.1) is 0 Å². The number of benzene rings is 4. The minimum Gasteiger partial charge on any atom is -0.478 e. The van der Waals surface area contributed by atoms with E-state index in [1.807, 2.05) is 24.4 Å². The van der Waals surface area contributed by atoms with Crippen molar-refractivity contribution >= 4 is 28.2 Å². The second-order valence-corrected chi connectivity index (χ2v) is 10.1. The Morgan fingerprint density at radius 2 is 1.63 bits per heavy atom. The third-order valence-electron chi connectivity index (χ3n) is 7.46. The minimum atomic E-state index is -1.01. The van der Waals surface area contributed by atoms with Crippen molar-refractivity contribution in [3.05, 3.63) is 143 Å². The number of hydrogen-bond acceptors (Lipinski definition) is 3. The lowest BCUT2D eigenvalue weighted by Crippen LogP contribution is -2.24. The molecule has 0 bridgehead atoms. The molecule has 0 radical (unpaired) electrons. The maximum absolute atomic E-state index is 13.7. The average molecular weight is 544 g/mol. The van der Waals surface area contributed by atoms with Crippen molar-refractivity contribution in [1.82, 2.24) is 14.9 Å². The van der Waals surface area contributed by atoms with Gasteiger partial charge in [0, 0.05) is 29.8 Å². The lowest BCUT2D eigenvalue weighted by atomic mass is 9.91. The zero-order valence-corrected chi connectivity index (χ0v) is 22.2. The molecule has 0 aliphatic rings. The number of nitrogens with zero attached hydrogens (tertiary/aromatic N) is 2. The van der Waals surface area contributed by atoms with Gasteiger partial charge in [-0.2, -0.15) is 5.10 Å². The molecule has 6 aromatic rings. The summed E-state index contributed by atoms with van der Waals surface area (Å²) >= 11 is 0. The van der Waals surface area contributed by atoms with Gasteiger partial charge < -0.3 is 10.4 Å². The first-order valence-electron chi connectivity index (χ1n) is 13.2. The topological polar surface area (TPSA) is 83.7 Å². The Morgan fingerprint density at radius 3 is 2.37 bits per heavy atom. The van der Waals surface area contributed by atoms with E-state index in [0.29, 0.717) is 11.1 Å². The second-order valence-electron chi connectivity index (χ2n) is 10.1. The van der Waals surface area contributed by atoms with E-state index in [2.05, 4.69) is 47.7 Å². The number of halogens is 1. The van der Waals surface area contributed by atoms with Gasteiger partial charge in [-0.25, -0.2) is 13.7 Å². The summed E-state index contributed by atoms with van der Waals surface area (Å²) in [5.41, 5.74) is 5.57. The first-order valence-corrected chi connectivity index (χ1v) is 13.2. The van der Waals surface area contributed by atoms with Gasteiger partial charge in [0.25, 0.3) is 5.91 Å². The van der Waals surface area contributed by atoms with Crippen LogP contribution in [0.1, 0.15) is 50.2 Å². The number of rotatable bonds is 7. The van der Waals surface area contributed by atoms with Gasteiger partial charge in [-0.05, 0) is 57.8 Å². The van der Waals surface area contributed by atoms with Gasteiger partial charge in [0.1, 0.15) is 5.82 Å². The number of carbonyl (C=O) groups is 2. The van der Waals surface area contributed by atoms with E-state index in [0.717, 1.165) is 38.6 Å². The van der Waals surface area contributed by atoms with Crippen LogP contribution in [0.2, 0.25) is 0 Å². The van der Waals surface area contributed by atoms with Crippen LogP contribution in [0, 0.1) is 5.82 Å². The van der Waals surface area contributed by atoms with Crippen LogP contribution in [0.5, 0.6) is 0 Å². The van der Waals surface area contributed by atoms with E-state index in [9.17, 15) is 14.0 Å². The highest BCUT2D eigenvalue weighted by Gasteiger charge is 2.22. The zero-order valence-electron chi connectivity index (χ0n) is 22.2. The highest BCUT2D eigenvalue weighted by atomic mass is 19.1. The van der Waals surface area contributed by atoms with Crippen molar-refractivity contribution in [3.63, 3.8) is 0 Å². The monoisotopic (exact) mass is 543 g/mol. The number of aromatic nitrogens is 2. The predicted octanol–water partition coefficient (Wildman–Crippen LogP) is 7.07. The Hall–Kier alpha value is -5.30. The molecule has 2 aromatic heterocycles. The van der Waals surface area contributed by atoms with Crippen molar-refractivity contribution in [2.24, 2.45) is 0 Å². The zero-order chi connectivity index (χ0) is 28.5. The van der Waals surface area contributed by atoms with Crippen LogP contribution in [-0.4, -0.2) is 26.6 Å². The summed E-state index contributed by atoms with van der Waals surface area (Å²) in [7, 11) is 0. The fraction of sp³-hybridized carbons (Fsp3) is 0.0882. The predicted molar refractivity (Wildman–Crippen MR) is 157 cm³/mol. The summed E-state index contributed by atoms with van der Waals surface area (Å²) in [5.74, 6) is -1.70. The molecule has 1 amide bonds. The van der Waals surface area contributed by atoms with Crippen LogP contribution < -0.4 is 5.32 Å². The fourth-order valence-corrected chi connectivity index (χ4v) is 5.13. The molecule has 1 atom stereocenters. The molecule has 0 fully saturated rings. The third-order valence-corrected chi connectivity index (χ3v) is 7.46. The van der Waals surface area contributed by atoms with Crippen molar-refractivity contribution in [3.8, 4) is 11.1 Å². The minimum absolute atomic E-state index is 0.0520. The first-order chi connectivity index (χ1) is 19.9. The van der Waals surface area contributed by atoms with E-state index in [1.165, 1.54) is 24.3 Å². The molecule has 0 aliphatic carbocycles. The van der Waals surface area contributed by atoms with Gasteiger partial charge in [0.05, 0.1) is 22.8 Å². The van der Waals surface area contributed by atoms with Gasteiger partial charge >= 0.3 is 5.97 Å². The molecule has 6 rings (SSSR count). The molecular weight excluding hydrogens is 517 g/mol. The van der Waals surface area contributed by atoms with Gasteiger partial charge in [0.2, 0.25) is 0 Å². The Bertz CT molecular complexity index is 1910. The van der Waals surface area contributed by atoms with E-state index >= 15 is 0 Å². The number of amides is 1. The third kappa shape index (κ3) is 5.17. The molecule has 0 unspecified atom stereocenters. The quantitative estimate of drug-likeness (QED) is 0.226. The van der Waals surface area contributed by atoms with Crippen LogP contribution in [-0.2, 0) is 6.54 Å². The number of fused-ring (bicyclic) bond motifs is 2. The Balaban J connectivity index is 1.40. The summed E-state index contributed by atoms with van der Waals surface area (Å²) < 4.78 is 15.3. The van der Waals surface area contributed by atoms with Crippen LogP contribution in [0.15, 0.2) is 109 Å². The van der Waals surface area contributed by atoms with Gasteiger partial charge in [-0.1, -0.05) is 73.7 Å². The van der Waals surface area contributed by atoms with E-state index in [-0.39, 0.29) is 29.8 Å². The average Bonchev–Trinajstić information content (AvgIpc) is 3.43. The molecule has 4 aromatic carbocycles. The van der Waals surface area contributed by atoms with E-state index in [4.69, 9.17) is 5.11 Å². The lowest BCUT2D eigenvalue weighted by Gasteiger charge is -2.15. The molecule has 2 heterocycles. The summed E-state index contributed by atoms with van der Waals surface area (Å²) in [6, 6.07) is 28.9. The Morgan fingerprint density at radius 1 is 0.902 bits per heavy atom. The molecular formula is C34H26FN3O3. The number of nitrogens with one attached hydrogen (secondary N) is 1. The van der Waals surface area contributed by atoms with E-state index in [1.54, 1.807) is 35.0 Å². The highest BCUT2D eigenvalue weighted by molar-refractivity contribution is 6.03. The molecule has 0 saturated heterocycles. The largest absolute Gasteiger partial charge is 0.478 e. The number of aromatic carboxylic acids is 1. The smallest absolute Gasteiger partial charge is 0.335 e. The van der Waals surface area contributed by atoms with Crippen LogP contribution in [0.3, 0.4) is 0 Å². The van der Waals surface area contributed by atoms with E-state index < -0.39 is 5.97 Å². The normalized spacial score (nSPS) is 12.0. The molecule has 6 nitrogen and oxygen atoms in total. The number of carbonyl (C=O) groups excluding carboxylic acids is 1. The van der Waals surface area contributed by atoms with Crippen LogP contribution in [0.4, 0.5) is 4.39 Å². The summed E-state index contributed by atoms with van der Waals surface area (Å²) in [4.78, 5) is 24.9. The van der Waals surface area contributed by atoms with Crippen molar-refractivity contribution in [2.45, 2.75) is 19.4 Å². The standard InChI is InChI=1S/C34H26FN3O3/c1-21(26-11-10-23-4-2-3-5-27(23)16-26)31-19-37-38-20-28(24-12-14-29(35)15-13-24)17-30(32(31)38)33(39)36-18-22-6-8-25(9-7-22)34(40)41/h2-17,19-21H,18H2,1H3,(H,36,39)(H,40,41)/t21-/m0/s1. The molecule has 2 N–H and O–H groups in total. The maximum Gasteiger partial charge on any atom is 0.335 e. The first kappa shape index (κ1) is 26.0. The van der Waals surface area contributed by atoms with Gasteiger partial charge in [-0.3, -0.25) is 4.79 Å². The SMILES string of the molecule is C[C@@H](c1ccc2ccccc2c1)c1cnn2cc(-c3ccc(F)cc3)cc(C(=O)NCc3ccc(C(=O)O)cc3)c12. The van der Waals surface area contributed by atoms with Crippen molar-refractivity contribution < 1.29 is 19.1 Å². The number of pyridine rings is 1. The van der Waals surface area contributed by atoms with Crippen LogP contribution in [0.25, 0.3) is 27.4 Å². The molecule has 0 spiro atoms. The van der Waals surface area contributed by atoms with Crippen molar-refractivity contribution in [2.75, 3.05) is 0 Å². The highest BCUT2D eigenvalue weighted by Crippen LogP contribution is 2.33. The van der Waals surface area contributed by atoms with Gasteiger partial charge in [0.15, 0.2) is 0 Å². The molecule has 0 saturated carbocycles. The summed E-state index contributed by atoms with van der Waals surface area (Å²) in [6.45, 7) is 2.32. The maximum atomic E-state index is 13.7. The number of carboxylic acid groups (broad SMARTS) is 1. The summed E-state index contributed by atoms with van der Waals surface area (Å²) in [6.07, 6.45) is 3.64. The molecule has 7 heteroatoms. The Kier molecular flexibility index (Phi) is 6.77. The summed E-state index contributed by atoms with van der Waals surface area (Å²) in [5, 5.41) is 19.1. The molecule has 41 heavy (non-hydrogen) atoms. The number of hydrogen-bond donors (Lipinski definition) is 2. The molecule has 202 valence electrons. The van der Waals surface area contributed by atoms with Crippen LogP contribution >= 0.6 is 0 Å². The molecule has 0 aliphatic heterocycles.